The fourth-order valence-electron chi connectivity index (χ4n) is 1.87. The molecule has 1 aliphatic rings. The van der Waals surface area contributed by atoms with E-state index in [0.717, 1.165) is 29.2 Å². The van der Waals surface area contributed by atoms with Crippen molar-refractivity contribution in [2.24, 2.45) is 0 Å². The van der Waals surface area contributed by atoms with Crippen molar-refractivity contribution in [1.82, 2.24) is 20.1 Å². The molecule has 0 saturated heterocycles. The average Bonchev–Trinajstić information content (AvgIpc) is 2.94. The SMILES string of the molecule is Cc1nc(CNc2cnn(CC(=O)NC3CC3)c2)cs1. The Hall–Kier alpha value is -1.89. The van der Waals surface area contributed by atoms with Gasteiger partial charge in [-0.15, -0.1) is 11.3 Å². The van der Waals surface area contributed by atoms with Crippen LogP contribution < -0.4 is 10.6 Å². The number of nitrogens with zero attached hydrogens (tertiary/aromatic N) is 3. The van der Waals surface area contributed by atoms with Crippen LogP contribution in [0.15, 0.2) is 17.8 Å². The first kappa shape index (κ1) is 13.1. The summed E-state index contributed by atoms with van der Waals surface area (Å²) in [6, 6.07) is 0.392. The normalized spacial score (nSPS) is 14.2. The molecule has 3 rings (SSSR count). The van der Waals surface area contributed by atoms with Crippen molar-refractivity contribution in [2.45, 2.75) is 38.9 Å². The molecule has 0 unspecified atom stereocenters. The van der Waals surface area contributed by atoms with Crippen LogP contribution in [0.3, 0.4) is 0 Å². The molecule has 2 heterocycles. The molecule has 0 aliphatic heterocycles. The molecule has 0 radical (unpaired) electrons. The molecule has 1 saturated carbocycles. The minimum Gasteiger partial charge on any atom is -0.377 e. The standard InChI is InChI=1S/C13H17N5OS/c1-9-16-12(8-20-9)4-14-11-5-15-18(6-11)7-13(19)17-10-2-3-10/h5-6,8,10,14H,2-4,7H2,1H3,(H,17,19). The molecule has 1 fully saturated rings. The van der Waals surface area contributed by atoms with E-state index in [1.807, 2.05) is 18.5 Å². The maximum Gasteiger partial charge on any atom is 0.241 e. The van der Waals surface area contributed by atoms with Gasteiger partial charge >= 0.3 is 0 Å². The van der Waals surface area contributed by atoms with Crippen LogP contribution >= 0.6 is 11.3 Å². The van der Waals surface area contributed by atoms with E-state index in [1.165, 1.54) is 0 Å². The third kappa shape index (κ3) is 3.57. The minimum atomic E-state index is 0.0253. The van der Waals surface area contributed by atoms with Gasteiger partial charge in [0.1, 0.15) is 6.54 Å². The maximum absolute atomic E-state index is 11.7. The molecule has 2 N–H and O–H groups in total. The predicted octanol–water partition coefficient (Wildman–Crippen LogP) is 1.54. The Morgan fingerprint density at radius 3 is 3.10 bits per heavy atom. The number of aromatic nitrogens is 3. The van der Waals surface area contributed by atoms with Crippen molar-refractivity contribution in [3.63, 3.8) is 0 Å². The van der Waals surface area contributed by atoms with Gasteiger partial charge < -0.3 is 10.6 Å². The lowest BCUT2D eigenvalue weighted by Crippen LogP contribution is -2.29. The number of aryl methyl sites for hydroxylation is 1. The van der Waals surface area contributed by atoms with Gasteiger partial charge in [0.05, 0.1) is 29.1 Å². The zero-order valence-electron chi connectivity index (χ0n) is 11.3. The number of hydrogen-bond acceptors (Lipinski definition) is 5. The molecule has 2 aromatic heterocycles. The third-order valence-corrected chi connectivity index (χ3v) is 3.84. The lowest BCUT2D eigenvalue weighted by Gasteiger charge is -2.03. The summed E-state index contributed by atoms with van der Waals surface area (Å²) in [4.78, 5) is 16.0. The second-order valence-electron chi connectivity index (χ2n) is 4.98. The predicted molar refractivity (Wildman–Crippen MR) is 77.6 cm³/mol. The summed E-state index contributed by atoms with van der Waals surface area (Å²) in [5.41, 5.74) is 1.92. The summed E-state index contributed by atoms with van der Waals surface area (Å²) in [5, 5.41) is 13.5. The van der Waals surface area contributed by atoms with Gasteiger partial charge in [0.2, 0.25) is 5.91 Å². The van der Waals surface area contributed by atoms with Crippen LogP contribution in [0.5, 0.6) is 0 Å². The summed E-state index contributed by atoms with van der Waals surface area (Å²) >= 11 is 1.64. The Balaban J connectivity index is 1.49. The van der Waals surface area contributed by atoms with Crippen molar-refractivity contribution < 1.29 is 4.79 Å². The van der Waals surface area contributed by atoms with Crippen LogP contribution in [0.2, 0.25) is 0 Å². The van der Waals surface area contributed by atoms with Gasteiger partial charge in [-0.25, -0.2) is 4.98 Å². The molecule has 106 valence electrons. The molecule has 0 aromatic carbocycles. The number of carbonyl (C=O) groups is 1. The largest absolute Gasteiger partial charge is 0.377 e. The van der Waals surface area contributed by atoms with Crippen LogP contribution in [0.4, 0.5) is 5.69 Å². The number of thiazole rings is 1. The summed E-state index contributed by atoms with van der Waals surface area (Å²) in [7, 11) is 0. The van der Waals surface area contributed by atoms with Crippen molar-refractivity contribution in [2.75, 3.05) is 5.32 Å². The zero-order chi connectivity index (χ0) is 13.9. The van der Waals surface area contributed by atoms with Crippen LogP contribution in [0.25, 0.3) is 0 Å². The Labute approximate surface area is 121 Å². The van der Waals surface area contributed by atoms with Gasteiger partial charge in [0, 0.05) is 17.6 Å². The first-order chi connectivity index (χ1) is 9.69. The van der Waals surface area contributed by atoms with Gasteiger partial charge in [-0.2, -0.15) is 5.10 Å². The molecule has 0 bridgehead atoms. The fraction of sp³-hybridized carbons (Fsp3) is 0.462. The average molecular weight is 291 g/mol. The minimum absolute atomic E-state index is 0.0253. The molecule has 20 heavy (non-hydrogen) atoms. The highest BCUT2D eigenvalue weighted by Crippen LogP contribution is 2.18. The highest BCUT2D eigenvalue weighted by molar-refractivity contribution is 7.09. The molecule has 2 aromatic rings. The van der Waals surface area contributed by atoms with E-state index in [4.69, 9.17) is 0 Å². The molecule has 6 nitrogen and oxygen atoms in total. The Bertz CT molecular complexity index is 601. The van der Waals surface area contributed by atoms with Crippen LogP contribution in [-0.2, 0) is 17.9 Å². The summed E-state index contributed by atoms with van der Waals surface area (Å²) in [6.45, 7) is 2.93. The number of carbonyl (C=O) groups excluding carboxylic acids is 1. The van der Waals surface area contributed by atoms with Crippen LogP contribution in [0.1, 0.15) is 23.5 Å². The molecular formula is C13H17N5OS. The van der Waals surface area contributed by atoms with Crippen molar-refractivity contribution in [3.05, 3.63) is 28.5 Å². The molecule has 1 aliphatic carbocycles. The van der Waals surface area contributed by atoms with Gasteiger partial charge in [-0.05, 0) is 19.8 Å². The highest BCUT2D eigenvalue weighted by Gasteiger charge is 2.23. The van der Waals surface area contributed by atoms with Gasteiger partial charge in [0.15, 0.2) is 0 Å². The van der Waals surface area contributed by atoms with E-state index >= 15 is 0 Å². The number of amides is 1. The zero-order valence-corrected chi connectivity index (χ0v) is 12.1. The fourth-order valence-corrected chi connectivity index (χ4v) is 2.48. The molecule has 0 spiro atoms. The summed E-state index contributed by atoms with van der Waals surface area (Å²) in [6.07, 6.45) is 5.77. The second kappa shape index (κ2) is 5.62. The number of hydrogen-bond donors (Lipinski definition) is 2. The smallest absolute Gasteiger partial charge is 0.241 e. The number of rotatable bonds is 6. The Morgan fingerprint density at radius 2 is 2.40 bits per heavy atom. The second-order valence-corrected chi connectivity index (χ2v) is 6.04. The van der Waals surface area contributed by atoms with Crippen molar-refractivity contribution in [1.29, 1.82) is 0 Å². The summed E-state index contributed by atoms with van der Waals surface area (Å²) < 4.78 is 1.65. The topological polar surface area (TPSA) is 71.8 Å². The van der Waals surface area contributed by atoms with Crippen molar-refractivity contribution in [3.8, 4) is 0 Å². The lowest BCUT2D eigenvalue weighted by atomic mass is 10.4. The van der Waals surface area contributed by atoms with Crippen LogP contribution in [0, 0.1) is 6.92 Å². The molecule has 0 atom stereocenters. The van der Waals surface area contributed by atoms with Gasteiger partial charge in [0.25, 0.3) is 0 Å². The van der Waals surface area contributed by atoms with E-state index < -0.39 is 0 Å². The first-order valence-corrected chi connectivity index (χ1v) is 7.54. The van der Waals surface area contributed by atoms with Crippen molar-refractivity contribution >= 4 is 22.9 Å². The van der Waals surface area contributed by atoms with E-state index in [9.17, 15) is 4.79 Å². The monoisotopic (exact) mass is 291 g/mol. The highest BCUT2D eigenvalue weighted by atomic mass is 32.1. The first-order valence-electron chi connectivity index (χ1n) is 6.66. The molecule has 1 amide bonds. The summed E-state index contributed by atoms with van der Waals surface area (Å²) in [5.74, 6) is 0.0253. The number of anilines is 1. The maximum atomic E-state index is 11.7. The van der Waals surface area contributed by atoms with E-state index in [-0.39, 0.29) is 12.5 Å². The van der Waals surface area contributed by atoms with Gasteiger partial charge in [-0.3, -0.25) is 9.48 Å². The third-order valence-electron chi connectivity index (χ3n) is 3.02. The van der Waals surface area contributed by atoms with Gasteiger partial charge in [-0.1, -0.05) is 0 Å². The van der Waals surface area contributed by atoms with E-state index in [1.54, 1.807) is 22.2 Å². The lowest BCUT2D eigenvalue weighted by molar-refractivity contribution is -0.122. The Morgan fingerprint density at radius 1 is 1.55 bits per heavy atom. The van der Waals surface area contributed by atoms with E-state index in [0.29, 0.717) is 12.6 Å². The molecular weight excluding hydrogens is 274 g/mol. The quantitative estimate of drug-likeness (QED) is 0.847. The number of nitrogens with one attached hydrogen (secondary N) is 2. The Kier molecular flexibility index (Phi) is 3.68. The van der Waals surface area contributed by atoms with Crippen LogP contribution in [-0.4, -0.2) is 26.7 Å². The molecule has 7 heteroatoms. The van der Waals surface area contributed by atoms with E-state index in [2.05, 4.69) is 20.7 Å².